The molecule has 0 aromatic carbocycles. The topological polar surface area (TPSA) is 63.6 Å². The van der Waals surface area contributed by atoms with Crippen LogP contribution < -0.4 is 0 Å². The molecule has 4 nitrogen and oxygen atoms in total. The molecule has 1 N–H and O–H groups in total. The third kappa shape index (κ3) is 19.0. The van der Waals surface area contributed by atoms with Gasteiger partial charge in [-0.2, -0.15) is 0 Å². The lowest BCUT2D eigenvalue weighted by atomic mass is 9.96. The minimum Gasteiger partial charge on any atom is -0.478 e. The second kappa shape index (κ2) is 14.5. The van der Waals surface area contributed by atoms with E-state index in [0.717, 1.165) is 18.4 Å². The Morgan fingerprint density at radius 2 is 1.95 bits per heavy atom. The molecule has 0 radical (unpaired) electrons. The highest BCUT2D eigenvalue weighted by molar-refractivity contribution is 5.78. The van der Waals surface area contributed by atoms with Crippen LogP contribution in [0.3, 0.4) is 0 Å². The molecule has 1 unspecified atom stereocenters. The standard InChI is InChI=1S/C12H22O2.C3H4O2/c1-4-6-8-12(5-2)9-7-10-14-11(3)13;1-2-3(4)5/h7,10,12H,4-6,8-9H2,1-3H3;2H,1H2,(H,4,5). The minimum atomic E-state index is -0.981. The number of carboxylic acids is 1. The van der Waals surface area contributed by atoms with E-state index >= 15 is 0 Å². The van der Waals surface area contributed by atoms with Gasteiger partial charge in [0.15, 0.2) is 0 Å². The average Bonchev–Trinajstić information content (AvgIpc) is 2.38. The summed E-state index contributed by atoms with van der Waals surface area (Å²) >= 11 is 0. The fraction of sp³-hybridized carbons (Fsp3) is 0.600. The summed E-state index contributed by atoms with van der Waals surface area (Å²) in [7, 11) is 0. The minimum absolute atomic E-state index is 0.247. The van der Waals surface area contributed by atoms with Gasteiger partial charge in [-0.3, -0.25) is 4.79 Å². The molecule has 0 aliphatic carbocycles. The molecule has 0 spiro atoms. The summed E-state index contributed by atoms with van der Waals surface area (Å²) in [6, 6.07) is 0. The van der Waals surface area contributed by atoms with Gasteiger partial charge in [0.05, 0.1) is 6.26 Å². The van der Waals surface area contributed by atoms with Crippen LogP contribution in [0.2, 0.25) is 0 Å². The predicted molar refractivity (Wildman–Crippen MR) is 76.7 cm³/mol. The fourth-order valence-electron chi connectivity index (χ4n) is 1.37. The Bertz CT molecular complexity index is 282. The van der Waals surface area contributed by atoms with Crippen molar-refractivity contribution in [2.75, 3.05) is 0 Å². The molecule has 4 heteroatoms. The molecule has 19 heavy (non-hydrogen) atoms. The van der Waals surface area contributed by atoms with Crippen molar-refractivity contribution in [1.29, 1.82) is 0 Å². The van der Waals surface area contributed by atoms with Gasteiger partial charge in [0.2, 0.25) is 0 Å². The monoisotopic (exact) mass is 270 g/mol. The maximum absolute atomic E-state index is 10.5. The van der Waals surface area contributed by atoms with Gasteiger partial charge in [0, 0.05) is 13.0 Å². The van der Waals surface area contributed by atoms with E-state index in [1.54, 1.807) is 0 Å². The summed E-state index contributed by atoms with van der Waals surface area (Å²) in [6.45, 7) is 8.79. The largest absolute Gasteiger partial charge is 0.478 e. The molecule has 0 saturated carbocycles. The number of hydrogen-bond acceptors (Lipinski definition) is 3. The molecule has 110 valence electrons. The molecule has 0 amide bonds. The van der Waals surface area contributed by atoms with Crippen LogP contribution in [-0.2, 0) is 14.3 Å². The van der Waals surface area contributed by atoms with Crippen molar-refractivity contribution in [2.24, 2.45) is 5.92 Å². The summed E-state index contributed by atoms with van der Waals surface area (Å²) in [4.78, 5) is 19.7. The van der Waals surface area contributed by atoms with E-state index < -0.39 is 5.97 Å². The average molecular weight is 270 g/mol. The lowest BCUT2D eigenvalue weighted by Crippen LogP contribution is -1.97. The van der Waals surface area contributed by atoms with E-state index in [1.807, 2.05) is 6.08 Å². The Balaban J connectivity index is 0. The van der Waals surface area contributed by atoms with Crippen LogP contribution in [0.4, 0.5) is 0 Å². The van der Waals surface area contributed by atoms with Gasteiger partial charge < -0.3 is 9.84 Å². The van der Waals surface area contributed by atoms with Crippen molar-refractivity contribution >= 4 is 11.9 Å². The number of allylic oxidation sites excluding steroid dienone is 1. The van der Waals surface area contributed by atoms with Crippen LogP contribution in [0.15, 0.2) is 25.0 Å². The number of carbonyl (C=O) groups excluding carboxylic acids is 1. The Morgan fingerprint density at radius 1 is 1.37 bits per heavy atom. The second-order valence-corrected chi connectivity index (χ2v) is 4.18. The fourth-order valence-corrected chi connectivity index (χ4v) is 1.37. The Kier molecular flexibility index (Phi) is 15.1. The van der Waals surface area contributed by atoms with Gasteiger partial charge in [-0.1, -0.05) is 46.1 Å². The number of rotatable bonds is 8. The summed E-state index contributed by atoms with van der Waals surface area (Å²) < 4.78 is 4.72. The van der Waals surface area contributed by atoms with Crippen molar-refractivity contribution < 1.29 is 19.4 Å². The number of ether oxygens (including phenoxy) is 1. The van der Waals surface area contributed by atoms with Crippen LogP contribution in [0.5, 0.6) is 0 Å². The third-order valence-electron chi connectivity index (χ3n) is 2.52. The SMILES string of the molecule is C=CC(=O)O.CCCCC(CC)CC=COC(C)=O. The summed E-state index contributed by atoms with van der Waals surface area (Å²) in [6.07, 6.45) is 10.3. The van der Waals surface area contributed by atoms with E-state index in [-0.39, 0.29) is 5.97 Å². The third-order valence-corrected chi connectivity index (χ3v) is 2.52. The molecule has 0 heterocycles. The molecule has 0 aliphatic rings. The second-order valence-electron chi connectivity index (χ2n) is 4.18. The molecule has 0 bridgehead atoms. The summed E-state index contributed by atoms with van der Waals surface area (Å²) in [5.74, 6) is -0.491. The van der Waals surface area contributed by atoms with Gasteiger partial charge in [-0.05, 0) is 18.4 Å². The van der Waals surface area contributed by atoms with E-state index in [2.05, 4.69) is 20.4 Å². The van der Waals surface area contributed by atoms with Crippen molar-refractivity contribution in [3.63, 3.8) is 0 Å². The van der Waals surface area contributed by atoms with Crippen LogP contribution in [0, 0.1) is 5.92 Å². The van der Waals surface area contributed by atoms with Crippen LogP contribution >= 0.6 is 0 Å². The van der Waals surface area contributed by atoms with Gasteiger partial charge in [-0.15, -0.1) is 0 Å². The normalized spacial score (nSPS) is 11.3. The van der Waals surface area contributed by atoms with E-state index in [9.17, 15) is 9.59 Å². The van der Waals surface area contributed by atoms with Crippen LogP contribution in [0.25, 0.3) is 0 Å². The smallest absolute Gasteiger partial charge is 0.327 e. The highest BCUT2D eigenvalue weighted by Gasteiger charge is 2.02. The zero-order chi connectivity index (χ0) is 15.1. The molecule has 0 aliphatic heterocycles. The summed E-state index contributed by atoms with van der Waals surface area (Å²) in [5.41, 5.74) is 0. The van der Waals surface area contributed by atoms with Crippen LogP contribution in [0.1, 0.15) is 52.9 Å². The number of unbranched alkanes of at least 4 members (excludes halogenated alkanes) is 1. The van der Waals surface area contributed by atoms with Crippen molar-refractivity contribution in [3.05, 3.63) is 25.0 Å². The number of carboxylic acid groups (broad SMARTS) is 1. The highest BCUT2D eigenvalue weighted by atomic mass is 16.5. The zero-order valence-corrected chi connectivity index (χ0v) is 12.2. The van der Waals surface area contributed by atoms with Gasteiger partial charge in [0.1, 0.15) is 0 Å². The quantitative estimate of drug-likeness (QED) is 0.412. The first kappa shape index (κ1) is 19.8. The first-order valence-electron chi connectivity index (χ1n) is 6.65. The Hall–Kier alpha value is -1.58. The lowest BCUT2D eigenvalue weighted by molar-refractivity contribution is -0.135. The highest BCUT2D eigenvalue weighted by Crippen LogP contribution is 2.16. The van der Waals surface area contributed by atoms with Gasteiger partial charge in [0.25, 0.3) is 0 Å². The summed E-state index contributed by atoms with van der Waals surface area (Å²) in [5, 5.41) is 7.60. The van der Waals surface area contributed by atoms with E-state index in [0.29, 0.717) is 0 Å². The molecule has 0 fully saturated rings. The number of carbonyl (C=O) groups is 2. The lowest BCUT2D eigenvalue weighted by Gasteiger charge is -2.10. The first-order valence-corrected chi connectivity index (χ1v) is 6.65. The molecule has 0 rings (SSSR count). The molecule has 1 atom stereocenters. The van der Waals surface area contributed by atoms with Crippen LogP contribution in [-0.4, -0.2) is 17.0 Å². The number of esters is 1. The molecular weight excluding hydrogens is 244 g/mol. The predicted octanol–water partition coefficient (Wildman–Crippen LogP) is 3.93. The van der Waals surface area contributed by atoms with E-state index in [1.165, 1.54) is 38.9 Å². The number of hydrogen-bond donors (Lipinski definition) is 1. The van der Waals surface area contributed by atoms with E-state index in [4.69, 9.17) is 9.84 Å². The first-order chi connectivity index (χ1) is 8.97. The molecular formula is C15H26O4. The maximum Gasteiger partial charge on any atom is 0.327 e. The van der Waals surface area contributed by atoms with Crippen molar-refractivity contribution in [2.45, 2.75) is 52.9 Å². The Labute approximate surface area is 116 Å². The molecule has 0 saturated heterocycles. The number of aliphatic carboxylic acids is 1. The molecule has 0 aromatic rings. The van der Waals surface area contributed by atoms with Crippen molar-refractivity contribution in [1.82, 2.24) is 0 Å². The maximum atomic E-state index is 10.5. The molecule has 0 aromatic heterocycles. The Morgan fingerprint density at radius 3 is 2.32 bits per heavy atom. The van der Waals surface area contributed by atoms with Gasteiger partial charge >= 0.3 is 11.9 Å². The van der Waals surface area contributed by atoms with Gasteiger partial charge in [-0.25, -0.2) is 4.79 Å². The zero-order valence-electron chi connectivity index (χ0n) is 12.2. The van der Waals surface area contributed by atoms with Crippen molar-refractivity contribution in [3.8, 4) is 0 Å².